The number of rotatable bonds is 6. The Bertz CT molecular complexity index is 452. The van der Waals surface area contributed by atoms with Gasteiger partial charge in [0.1, 0.15) is 5.03 Å². The summed E-state index contributed by atoms with van der Waals surface area (Å²) in [6.07, 6.45) is 2.04. The van der Waals surface area contributed by atoms with Gasteiger partial charge in [-0.2, -0.15) is 0 Å². The van der Waals surface area contributed by atoms with Gasteiger partial charge >= 0.3 is 0 Å². The number of aliphatic hydroxyl groups is 1. The van der Waals surface area contributed by atoms with Crippen LogP contribution in [0.1, 0.15) is 12.6 Å². The Balaban J connectivity index is 2.26. The zero-order chi connectivity index (χ0) is 11.4. The summed E-state index contributed by atoms with van der Waals surface area (Å²) in [6.45, 7) is 4.05. The predicted octanol–water partition coefficient (Wildman–Crippen LogP) is 1.59. The highest BCUT2D eigenvalue weighted by atomic mass is 32.2. The van der Waals surface area contributed by atoms with Crippen LogP contribution in [0, 0.1) is 0 Å². The minimum atomic E-state index is 0.191. The van der Waals surface area contributed by atoms with Crippen molar-refractivity contribution in [3.63, 3.8) is 0 Å². The molecule has 0 amide bonds. The smallest absolute Gasteiger partial charge is 0.194 e. The maximum Gasteiger partial charge on any atom is 0.194 e. The highest BCUT2D eigenvalue weighted by Crippen LogP contribution is 2.25. The van der Waals surface area contributed by atoms with Crippen molar-refractivity contribution in [2.24, 2.45) is 0 Å². The van der Waals surface area contributed by atoms with Crippen LogP contribution in [0.2, 0.25) is 0 Å². The van der Waals surface area contributed by atoms with Crippen LogP contribution in [0.15, 0.2) is 16.6 Å². The lowest BCUT2D eigenvalue weighted by atomic mass is 10.4. The number of nitrogens with one attached hydrogen (secondary N) is 1. The normalized spacial score (nSPS) is 11.4. The van der Waals surface area contributed by atoms with E-state index in [0.29, 0.717) is 5.75 Å². The molecule has 6 heteroatoms. The minimum absolute atomic E-state index is 0.191. The number of nitrogens with zero attached hydrogens (tertiary/aromatic N) is 2. The fourth-order valence-corrected chi connectivity index (χ4v) is 3.04. The van der Waals surface area contributed by atoms with Gasteiger partial charge in [0.2, 0.25) is 0 Å². The van der Waals surface area contributed by atoms with Crippen LogP contribution in [-0.4, -0.2) is 33.4 Å². The number of thioether (sulfide) groups is 1. The van der Waals surface area contributed by atoms with Gasteiger partial charge < -0.3 is 10.4 Å². The molecule has 0 radical (unpaired) electrons. The quantitative estimate of drug-likeness (QED) is 0.772. The molecule has 0 aromatic carbocycles. The second-order valence-electron chi connectivity index (χ2n) is 3.27. The van der Waals surface area contributed by atoms with Gasteiger partial charge in [-0.25, -0.2) is 4.98 Å². The average Bonchev–Trinajstić information content (AvgIpc) is 2.84. The van der Waals surface area contributed by atoms with Gasteiger partial charge in [0, 0.05) is 23.9 Å². The summed E-state index contributed by atoms with van der Waals surface area (Å²) < 4.78 is 2.12. The summed E-state index contributed by atoms with van der Waals surface area (Å²) in [5.74, 6) is 0.698. The van der Waals surface area contributed by atoms with Gasteiger partial charge in [-0.3, -0.25) is 4.40 Å². The SMILES string of the molecule is CCNCc1c(SCCO)nc2sccn12. The first-order valence-corrected chi connectivity index (χ1v) is 7.12. The molecule has 0 bridgehead atoms. The van der Waals surface area contributed by atoms with Crippen molar-refractivity contribution in [1.29, 1.82) is 0 Å². The first kappa shape index (κ1) is 11.9. The second-order valence-corrected chi connectivity index (χ2v) is 5.23. The van der Waals surface area contributed by atoms with Crippen LogP contribution in [0.3, 0.4) is 0 Å². The van der Waals surface area contributed by atoms with E-state index < -0.39 is 0 Å². The summed E-state index contributed by atoms with van der Waals surface area (Å²) in [6, 6.07) is 0. The fraction of sp³-hybridized carbons (Fsp3) is 0.500. The van der Waals surface area contributed by atoms with E-state index in [-0.39, 0.29) is 6.61 Å². The predicted molar refractivity (Wildman–Crippen MR) is 68.3 cm³/mol. The van der Waals surface area contributed by atoms with Crippen LogP contribution >= 0.6 is 23.1 Å². The van der Waals surface area contributed by atoms with Crippen molar-refractivity contribution >= 4 is 28.1 Å². The zero-order valence-corrected chi connectivity index (χ0v) is 10.8. The lowest BCUT2D eigenvalue weighted by Gasteiger charge is -2.03. The molecule has 4 nitrogen and oxygen atoms in total. The average molecular weight is 257 g/mol. The molecule has 2 aromatic rings. The fourth-order valence-electron chi connectivity index (χ4n) is 1.47. The third kappa shape index (κ3) is 2.40. The molecule has 0 spiro atoms. The number of hydrogen-bond donors (Lipinski definition) is 2. The van der Waals surface area contributed by atoms with Gasteiger partial charge in [-0.1, -0.05) is 6.92 Å². The molecular formula is C10H15N3OS2. The highest BCUT2D eigenvalue weighted by molar-refractivity contribution is 7.99. The third-order valence-corrected chi connectivity index (χ3v) is 3.94. The van der Waals surface area contributed by atoms with Crippen LogP contribution in [0.4, 0.5) is 0 Å². The van der Waals surface area contributed by atoms with E-state index in [1.807, 2.05) is 11.6 Å². The Morgan fingerprint density at radius 2 is 2.50 bits per heavy atom. The van der Waals surface area contributed by atoms with E-state index in [0.717, 1.165) is 23.1 Å². The molecule has 0 aliphatic rings. The number of aliphatic hydroxyl groups excluding tert-OH is 1. The molecule has 2 heterocycles. The van der Waals surface area contributed by atoms with E-state index in [4.69, 9.17) is 5.11 Å². The lowest BCUT2D eigenvalue weighted by Crippen LogP contribution is -2.13. The van der Waals surface area contributed by atoms with Gasteiger partial charge in [0.05, 0.1) is 12.3 Å². The monoisotopic (exact) mass is 257 g/mol. The minimum Gasteiger partial charge on any atom is -0.396 e. The number of fused-ring (bicyclic) bond motifs is 1. The van der Waals surface area contributed by atoms with Crippen molar-refractivity contribution in [3.05, 3.63) is 17.3 Å². The molecule has 0 aliphatic heterocycles. The second kappa shape index (κ2) is 5.67. The molecule has 2 rings (SSSR count). The Kier molecular flexibility index (Phi) is 4.22. The summed E-state index contributed by atoms with van der Waals surface area (Å²) in [4.78, 5) is 5.58. The van der Waals surface area contributed by atoms with Gasteiger partial charge in [-0.15, -0.1) is 23.1 Å². The highest BCUT2D eigenvalue weighted by Gasteiger charge is 2.12. The first-order chi connectivity index (χ1) is 7.86. The van der Waals surface area contributed by atoms with E-state index in [1.165, 1.54) is 5.69 Å². The van der Waals surface area contributed by atoms with E-state index >= 15 is 0 Å². The topological polar surface area (TPSA) is 49.6 Å². The molecule has 88 valence electrons. The maximum absolute atomic E-state index is 8.85. The van der Waals surface area contributed by atoms with Gasteiger partial charge in [0.15, 0.2) is 4.96 Å². The number of thiazole rings is 1. The first-order valence-electron chi connectivity index (χ1n) is 5.25. The molecule has 2 N–H and O–H groups in total. The van der Waals surface area contributed by atoms with Crippen LogP contribution < -0.4 is 5.32 Å². The molecule has 16 heavy (non-hydrogen) atoms. The molecule has 0 atom stereocenters. The Labute approximate surface area is 103 Å². The molecule has 0 saturated carbocycles. The summed E-state index contributed by atoms with van der Waals surface area (Å²) in [5, 5.41) is 15.2. The van der Waals surface area contributed by atoms with Gasteiger partial charge in [0.25, 0.3) is 0 Å². The van der Waals surface area contributed by atoms with Crippen LogP contribution in [0.25, 0.3) is 4.96 Å². The van der Waals surface area contributed by atoms with Gasteiger partial charge in [-0.05, 0) is 6.54 Å². The molecule has 0 unspecified atom stereocenters. The molecule has 0 saturated heterocycles. The van der Waals surface area contributed by atoms with Crippen molar-refractivity contribution in [3.8, 4) is 0 Å². The zero-order valence-electron chi connectivity index (χ0n) is 9.14. The molecule has 0 fully saturated rings. The Morgan fingerprint density at radius 1 is 1.62 bits per heavy atom. The van der Waals surface area contributed by atoms with Crippen molar-refractivity contribution in [2.45, 2.75) is 18.5 Å². The molecular weight excluding hydrogens is 242 g/mol. The number of imidazole rings is 1. The number of hydrogen-bond acceptors (Lipinski definition) is 5. The van der Waals surface area contributed by atoms with E-state index in [1.54, 1.807) is 23.1 Å². The Hall–Kier alpha value is -0.560. The van der Waals surface area contributed by atoms with Crippen LogP contribution in [-0.2, 0) is 6.54 Å². The van der Waals surface area contributed by atoms with Crippen molar-refractivity contribution in [1.82, 2.24) is 14.7 Å². The van der Waals surface area contributed by atoms with Crippen molar-refractivity contribution < 1.29 is 5.11 Å². The molecule has 2 aromatic heterocycles. The number of aromatic nitrogens is 2. The summed E-state index contributed by atoms with van der Waals surface area (Å²) in [5.41, 5.74) is 1.19. The summed E-state index contributed by atoms with van der Waals surface area (Å²) in [7, 11) is 0. The maximum atomic E-state index is 8.85. The van der Waals surface area contributed by atoms with E-state index in [2.05, 4.69) is 21.6 Å². The van der Waals surface area contributed by atoms with E-state index in [9.17, 15) is 0 Å². The lowest BCUT2D eigenvalue weighted by molar-refractivity contribution is 0.322. The molecule has 0 aliphatic carbocycles. The largest absolute Gasteiger partial charge is 0.396 e. The van der Waals surface area contributed by atoms with Crippen LogP contribution in [0.5, 0.6) is 0 Å². The van der Waals surface area contributed by atoms with Crippen molar-refractivity contribution in [2.75, 3.05) is 18.9 Å². The standard InChI is InChI=1S/C10H15N3OS2/c1-2-11-7-8-9(15-6-4-14)12-10-13(8)3-5-16-10/h3,5,11,14H,2,4,6-7H2,1H3. The third-order valence-electron chi connectivity index (χ3n) is 2.20. The summed E-state index contributed by atoms with van der Waals surface area (Å²) >= 11 is 3.25. The Morgan fingerprint density at radius 3 is 3.25 bits per heavy atom.